The van der Waals surface area contributed by atoms with Gasteiger partial charge in [-0.05, 0) is 0 Å². The quantitative estimate of drug-likeness (QED) is 0.216. The molecule has 0 aromatic rings. The van der Waals surface area contributed by atoms with E-state index in [0.29, 0.717) is 0 Å². The Balaban J connectivity index is 2.99. The summed E-state index contributed by atoms with van der Waals surface area (Å²) in [6.07, 6.45) is -1.30. The van der Waals surface area contributed by atoms with E-state index in [4.69, 9.17) is 10.5 Å². The van der Waals surface area contributed by atoms with Crippen molar-refractivity contribution in [3.05, 3.63) is 0 Å². The Labute approximate surface area is 33.0 Å². The third-order valence-electron chi connectivity index (χ3n) is 0.174. The standard InChI is InChI=1S/CH3NO4/c3-1(2-4)6-5/h4-5H,(H,2,3). The third-order valence-corrected chi connectivity index (χ3v) is 0.174. The Kier molecular flexibility index (Phi) is 2.10. The van der Waals surface area contributed by atoms with Gasteiger partial charge in [0, 0.05) is 0 Å². The average molecular weight is 93.0 g/mol. The lowest BCUT2D eigenvalue weighted by molar-refractivity contribution is -0.185. The van der Waals surface area contributed by atoms with E-state index >= 15 is 0 Å². The van der Waals surface area contributed by atoms with Crippen LogP contribution in [0.5, 0.6) is 0 Å². The molecule has 5 heteroatoms. The summed E-state index contributed by atoms with van der Waals surface area (Å²) in [6, 6.07) is 0. The van der Waals surface area contributed by atoms with Crippen molar-refractivity contribution in [3.8, 4) is 0 Å². The lowest BCUT2D eigenvalue weighted by atomic mass is 11.3. The van der Waals surface area contributed by atoms with E-state index in [2.05, 4.69) is 4.89 Å². The van der Waals surface area contributed by atoms with E-state index in [1.807, 2.05) is 0 Å². The number of nitrogens with one attached hydrogen (secondary N) is 1. The predicted molar refractivity (Wildman–Crippen MR) is 14.0 cm³/mol. The smallest absolute Gasteiger partial charge is 0.286 e. The second kappa shape index (κ2) is 2.43. The van der Waals surface area contributed by atoms with Gasteiger partial charge in [-0.3, -0.25) is 10.1 Å². The van der Waals surface area contributed by atoms with Gasteiger partial charge in [-0.15, -0.1) is 0 Å². The Hall–Kier alpha value is -0.810. The molecule has 36 valence electrons. The predicted octanol–water partition coefficient (Wildman–Crippen LogP) is -0.425. The summed E-state index contributed by atoms with van der Waals surface area (Å²) in [6.45, 7) is 0. The van der Waals surface area contributed by atoms with Crippen LogP contribution in [0, 0.1) is 0 Å². The lowest BCUT2D eigenvalue weighted by Crippen LogP contribution is -2.17. The number of hydrogen-bond donors (Lipinski definition) is 3. The van der Waals surface area contributed by atoms with Crippen molar-refractivity contribution < 1.29 is 20.1 Å². The van der Waals surface area contributed by atoms with Crippen LogP contribution in [0.2, 0.25) is 0 Å². The number of amides is 1. The molecule has 0 heterocycles. The molecular weight excluding hydrogens is 90.0 g/mol. The van der Waals surface area contributed by atoms with Crippen LogP contribution in [0.25, 0.3) is 0 Å². The summed E-state index contributed by atoms with van der Waals surface area (Å²) in [5, 5.41) is 14.7. The van der Waals surface area contributed by atoms with Crippen LogP contribution in [0.4, 0.5) is 4.79 Å². The number of carbonyl (C=O) groups is 1. The molecule has 0 aromatic heterocycles. The van der Waals surface area contributed by atoms with Crippen molar-refractivity contribution in [1.29, 1.82) is 0 Å². The van der Waals surface area contributed by atoms with Gasteiger partial charge in [0.15, 0.2) is 0 Å². The van der Waals surface area contributed by atoms with E-state index in [9.17, 15) is 4.79 Å². The molecule has 0 saturated carbocycles. The molecule has 0 aliphatic carbocycles. The van der Waals surface area contributed by atoms with Gasteiger partial charge in [0.05, 0.1) is 0 Å². The minimum atomic E-state index is -1.30. The second-order valence-corrected chi connectivity index (χ2v) is 0.491. The molecule has 0 bridgehead atoms. The van der Waals surface area contributed by atoms with Crippen LogP contribution in [0.3, 0.4) is 0 Å². The van der Waals surface area contributed by atoms with Gasteiger partial charge in [-0.1, -0.05) is 0 Å². The highest BCUT2D eigenvalue weighted by Gasteiger charge is 1.90. The summed E-state index contributed by atoms with van der Waals surface area (Å²) in [7, 11) is 0. The molecule has 6 heavy (non-hydrogen) atoms. The molecule has 5 nitrogen and oxygen atoms in total. The number of carbonyl (C=O) groups excluding carboxylic acids is 1. The van der Waals surface area contributed by atoms with Gasteiger partial charge in [-0.25, -0.2) is 10.3 Å². The summed E-state index contributed by atoms with van der Waals surface area (Å²) >= 11 is 0. The second-order valence-electron chi connectivity index (χ2n) is 0.491. The highest BCUT2D eigenvalue weighted by Crippen LogP contribution is 1.61. The normalized spacial score (nSPS) is 7.00. The summed E-state index contributed by atoms with van der Waals surface area (Å²) in [5.74, 6) is 0. The molecule has 3 N–H and O–H groups in total. The van der Waals surface area contributed by atoms with Crippen LogP contribution in [-0.4, -0.2) is 16.6 Å². The van der Waals surface area contributed by atoms with Crippen molar-refractivity contribution in [2.45, 2.75) is 0 Å². The van der Waals surface area contributed by atoms with Crippen LogP contribution in [0.15, 0.2) is 0 Å². The Morgan fingerprint density at radius 1 is 1.83 bits per heavy atom. The fraction of sp³-hybridized carbons (Fsp3) is 0. The maximum absolute atomic E-state index is 9.35. The molecule has 0 aromatic carbocycles. The summed E-state index contributed by atoms with van der Waals surface area (Å²) < 4.78 is 0. The average Bonchev–Trinajstić information content (AvgIpc) is 1.65. The molecule has 0 fully saturated rings. The van der Waals surface area contributed by atoms with Crippen molar-refractivity contribution in [2.75, 3.05) is 0 Å². The molecule has 0 aliphatic rings. The first kappa shape index (κ1) is 5.19. The van der Waals surface area contributed by atoms with Crippen LogP contribution < -0.4 is 5.48 Å². The van der Waals surface area contributed by atoms with Crippen LogP contribution in [-0.2, 0) is 4.89 Å². The van der Waals surface area contributed by atoms with Crippen LogP contribution in [0.1, 0.15) is 0 Å². The first-order chi connectivity index (χ1) is 2.81. The Morgan fingerprint density at radius 3 is 2.33 bits per heavy atom. The highest BCUT2D eigenvalue weighted by molar-refractivity contribution is 5.64. The van der Waals surface area contributed by atoms with Gasteiger partial charge in [-0.2, -0.15) is 5.26 Å². The Morgan fingerprint density at radius 2 is 2.33 bits per heavy atom. The van der Waals surface area contributed by atoms with Gasteiger partial charge in [0.25, 0.3) is 0 Å². The molecule has 0 atom stereocenters. The number of rotatable bonds is 0. The first-order valence-corrected chi connectivity index (χ1v) is 1.06. The van der Waals surface area contributed by atoms with Crippen molar-refractivity contribution in [1.82, 2.24) is 5.48 Å². The minimum absolute atomic E-state index is 1.00. The molecule has 0 spiro atoms. The van der Waals surface area contributed by atoms with Gasteiger partial charge in [0.2, 0.25) is 0 Å². The first-order valence-electron chi connectivity index (χ1n) is 1.06. The van der Waals surface area contributed by atoms with Crippen molar-refractivity contribution in [3.63, 3.8) is 0 Å². The molecule has 0 rings (SSSR count). The fourth-order valence-electron chi connectivity index (χ4n) is 0.0204. The molecular formula is CH3NO4. The summed E-state index contributed by atoms with van der Waals surface area (Å²) in [4.78, 5) is 12.2. The largest absolute Gasteiger partial charge is 0.462 e. The van der Waals surface area contributed by atoms with E-state index in [1.54, 1.807) is 0 Å². The zero-order valence-corrected chi connectivity index (χ0v) is 2.71. The number of hydroxylamine groups is 1. The SMILES string of the molecule is O=C(NO)OO. The lowest BCUT2D eigenvalue weighted by Gasteiger charge is -1.85. The van der Waals surface area contributed by atoms with E-state index in [-0.39, 0.29) is 0 Å². The van der Waals surface area contributed by atoms with E-state index in [0.717, 1.165) is 5.48 Å². The fourth-order valence-corrected chi connectivity index (χ4v) is 0.0204. The zero-order valence-electron chi connectivity index (χ0n) is 2.71. The molecule has 1 amide bonds. The maximum Gasteiger partial charge on any atom is 0.462 e. The van der Waals surface area contributed by atoms with Crippen molar-refractivity contribution >= 4 is 6.09 Å². The van der Waals surface area contributed by atoms with Crippen molar-refractivity contribution in [2.24, 2.45) is 0 Å². The van der Waals surface area contributed by atoms with E-state index < -0.39 is 6.09 Å². The van der Waals surface area contributed by atoms with E-state index in [1.165, 1.54) is 0 Å². The third kappa shape index (κ3) is 1.50. The molecule has 0 unspecified atom stereocenters. The maximum atomic E-state index is 9.35. The monoisotopic (exact) mass is 93.0 g/mol. The topological polar surface area (TPSA) is 78.8 Å². The Bertz CT molecular complexity index is 45.5. The van der Waals surface area contributed by atoms with Gasteiger partial charge < -0.3 is 0 Å². The van der Waals surface area contributed by atoms with Gasteiger partial charge in [0.1, 0.15) is 0 Å². The van der Waals surface area contributed by atoms with Gasteiger partial charge >= 0.3 is 6.09 Å². The molecule has 0 aliphatic heterocycles. The minimum Gasteiger partial charge on any atom is -0.286 e. The number of hydrogen-bond acceptors (Lipinski definition) is 4. The molecule has 0 radical (unpaired) electrons. The zero-order chi connectivity index (χ0) is 4.99. The van der Waals surface area contributed by atoms with Crippen LogP contribution >= 0.6 is 0 Å². The summed E-state index contributed by atoms with van der Waals surface area (Å²) in [5.41, 5.74) is 1.00. The molecule has 0 saturated heterocycles. The highest BCUT2D eigenvalue weighted by atomic mass is 17.1.